The van der Waals surface area contributed by atoms with Gasteiger partial charge in [-0.15, -0.1) is 0 Å². The largest absolute Gasteiger partial charge is 0.633 e. The number of hydrogen-bond donors (Lipinski definition) is 0. The van der Waals surface area contributed by atoms with E-state index >= 15 is 0 Å². The van der Waals surface area contributed by atoms with Gasteiger partial charge in [-0.2, -0.15) is 0 Å². The zero-order valence-electron chi connectivity index (χ0n) is 22.4. The maximum absolute atomic E-state index is 13.6. The van der Waals surface area contributed by atoms with Crippen LogP contribution in [0.15, 0.2) is 65.8 Å². The third-order valence-electron chi connectivity index (χ3n) is 11.6. The number of hydroxylamine groups is 3. The van der Waals surface area contributed by atoms with E-state index in [2.05, 4.69) is 75.4 Å². The fourth-order valence-corrected chi connectivity index (χ4v) is 9.21. The van der Waals surface area contributed by atoms with Crippen molar-refractivity contribution in [3.05, 3.63) is 76.5 Å². The van der Waals surface area contributed by atoms with Crippen molar-refractivity contribution < 1.29 is 9.38 Å². The molecule has 2 unspecified atom stereocenters. The van der Waals surface area contributed by atoms with E-state index < -0.39 is 0 Å². The first-order valence-electron chi connectivity index (χ1n) is 14.4. The average molecular weight is 484 g/mol. The van der Waals surface area contributed by atoms with Crippen molar-refractivity contribution in [3.63, 3.8) is 0 Å². The Morgan fingerprint density at radius 3 is 2.64 bits per heavy atom. The Morgan fingerprint density at radius 1 is 1.03 bits per heavy atom. The summed E-state index contributed by atoms with van der Waals surface area (Å²) in [6.07, 6.45) is 13.8. The van der Waals surface area contributed by atoms with E-state index in [0.717, 1.165) is 38.5 Å². The number of quaternary nitrogens is 1. The normalized spacial score (nSPS) is 40.8. The standard InChI is InChI=1S/C33H41NO2/c1-22(2)34(4,35)28-12-11-26-20-27-15-16-31(3)29(25-10-9-23-7-5-6-8-24(23)19-25)13-14-30(31)33(27)18-17-32(26,21-28)36-33/h5-10,15,19-20,22,28-30H,11-14,16-18,21H2,1-4H3/t28-,29-,30-,31-,32-,33?,34?/m1/s1. The second-order valence-corrected chi connectivity index (χ2v) is 13.4. The molecule has 2 bridgehead atoms. The number of fused-ring (bicyclic) bond motifs is 2. The van der Waals surface area contributed by atoms with Crippen LogP contribution in [0.25, 0.3) is 10.8 Å². The van der Waals surface area contributed by atoms with E-state index in [1.807, 2.05) is 7.05 Å². The molecule has 3 aliphatic carbocycles. The third kappa shape index (κ3) is 2.97. The van der Waals surface area contributed by atoms with Crippen LogP contribution < -0.4 is 0 Å². The highest BCUT2D eigenvalue weighted by Gasteiger charge is 2.67. The summed E-state index contributed by atoms with van der Waals surface area (Å²) in [5, 5.41) is 16.2. The average Bonchev–Trinajstić information content (AvgIpc) is 3.38. The van der Waals surface area contributed by atoms with Crippen LogP contribution >= 0.6 is 0 Å². The SMILES string of the molecule is CC(C)[N+](C)([O-])[C@@H]1CCC2=CC3=CC[C@]4(C)[C@@H](c5ccc6ccccc6c5)CC[C@H]4C34CC[C@]2(C1)O4. The van der Waals surface area contributed by atoms with Gasteiger partial charge in [0.1, 0.15) is 0 Å². The summed E-state index contributed by atoms with van der Waals surface area (Å²) >= 11 is 0. The van der Waals surface area contributed by atoms with Gasteiger partial charge in [-0.05, 0) is 97.1 Å². The first-order chi connectivity index (χ1) is 17.2. The summed E-state index contributed by atoms with van der Waals surface area (Å²) in [7, 11) is 1.89. The Bertz CT molecular complexity index is 1290. The Hall–Kier alpha value is -1.94. The van der Waals surface area contributed by atoms with E-state index in [4.69, 9.17) is 4.74 Å². The molecule has 0 amide bonds. The molecular weight excluding hydrogens is 442 g/mol. The highest BCUT2D eigenvalue weighted by atomic mass is 16.6. The Balaban J connectivity index is 1.25. The van der Waals surface area contributed by atoms with E-state index in [9.17, 15) is 5.21 Å². The van der Waals surface area contributed by atoms with Gasteiger partial charge in [0.25, 0.3) is 0 Å². The van der Waals surface area contributed by atoms with Gasteiger partial charge in [-0.1, -0.05) is 61.5 Å². The minimum atomic E-state index is -0.210. The Labute approximate surface area is 216 Å². The second kappa shape index (κ2) is 7.56. The number of benzene rings is 2. The molecule has 1 saturated heterocycles. The molecule has 5 aliphatic rings. The van der Waals surface area contributed by atoms with E-state index in [1.165, 1.54) is 40.3 Å². The molecule has 36 heavy (non-hydrogen) atoms. The number of nitrogens with zero attached hydrogens (tertiary/aromatic N) is 1. The maximum atomic E-state index is 13.6. The maximum Gasteiger partial charge on any atom is 0.0975 e. The lowest BCUT2D eigenvalue weighted by molar-refractivity contribution is -0.909. The molecule has 3 fully saturated rings. The van der Waals surface area contributed by atoms with Gasteiger partial charge in [0.15, 0.2) is 0 Å². The van der Waals surface area contributed by atoms with E-state index in [1.54, 1.807) is 0 Å². The molecule has 2 aromatic carbocycles. The molecule has 190 valence electrons. The topological polar surface area (TPSA) is 32.3 Å². The molecule has 3 nitrogen and oxygen atoms in total. The predicted molar refractivity (Wildman–Crippen MR) is 146 cm³/mol. The molecular formula is C33H41NO2. The molecule has 7 atom stereocenters. The number of allylic oxidation sites excluding steroid dienone is 1. The van der Waals surface area contributed by atoms with Crippen LogP contribution in [0.3, 0.4) is 0 Å². The monoisotopic (exact) mass is 483 g/mol. The van der Waals surface area contributed by atoms with Gasteiger partial charge in [-0.25, -0.2) is 0 Å². The highest BCUT2D eigenvalue weighted by molar-refractivity contribution is 5.83. The smallest absolute Gasteiger partial charge is 0.0975 e. The summed E-state index contributed by atoms with van der Waals surface area (Å²) in [4.78, 5) is 0. The van der Waals surface area contributed by atoms with Gasteiger partial charge in [-0.3, -0.25) is 0 Å². The third-order valence-corrected chi connectivity index (χ3v) is 11.6. The van der Waals surface area contributed by atoms with Crippen molar-refractivity contribution in [3.8, 4) is 0 Å². The van der Waals surface area contributed by atoms with Crippen LogP contribution in [0.1, 0.15) is 83.6 Å². The summed E-state index contributed by atoms with van der Waals surface area (Å²) in [5.74, 6) is 1.10. The van der Waals surface area contributed by atoms with Crippen molar-refractivity contribution in [1.29, 1.82) is 0 Å². The molecule has 0 N–H and O–H groups in total. The zero-order valence-corrected chi connectivity index (χ0v) is 22.4. The molecule has 7 rings (SSSR count). The minimum Gasteiger partial charge on any atom is -0.633 e. The van der Waals surface area contributed by atoms with Crippen molar-refractivity contribution in [2.75, 3.05) is 7.05 Å². The van der Waals surface area contributed by atoms with E-state index in [0.29, 0.717) is 11.8 Å². The Kier molecular flexibility index (Phi) is 4.87. The van der Waals surface area contributed by atoms with Crippen molar-refractivity contribution in [2.45, 2.75) is 101 Å². The van der Waals surface area contributed by atoms with Gasteiger partial charge < -0.3 is 14.6 Å². The molecule has 2 aromatic rings. The molecule has 2 spiro atoms. The fourth-order valence-electron chi connectivity index (χ4n) is 9.21. The molecule has 2 heterocycles. The van der Waals surface area contributed by atoms with Gasteiger partial charge >= 0.3 is 0 Å². The quantitative estimate of drug-likeness (QED) is 0.329. The zero-order chi connectivity index (χ0) is 24.9. The first-order valence-corrected chi connectivity index (χ1v) is 14.4. The highest BCUT2D eigenvalue weighted by Crippen LogP contribution is 2.69. The molecule has 2 aliphatic heterocycles. The summed E-state index contributed by atoms with van der Waals surface area (Å²) in [5.41, 5.74) is 4.29. The summed E-state index contributed by atoms with van der Waals surface area (Å²) in [6, 6.07) is 16.1. The second-order valence-electron chi connectivity index (χ2n) is 13.4. The molecule has 0 aromatic heterocycles. The van der Waals surface area contributed by atoms with Crippen molar-refractivity contribution in [1.82, 2.24) is 0 Å². The van der Waals surface area contributed by atoms with Crippen LogP contribution in [-0.4, -0.2) is 35.0 Å². The summed E-state index contributed by atoms with van der Waals surface area (Å²) < 4.78 is 7.29. The van der Waals surface area contributed by atoms with Crippen LogP contribution in [0.2, 0.25) is 0 Å². The number of hydrogen-bond acceptors (Lipinski definition) is 2. The van der Waals surface area contributed by atoms with Crippen LogP contribution in [0.4, 0.5) is 0 Å². The van der Waals surface area contributed by atoms with Crippen molar-refractivity contribution in [2.24, 2.45) is 11.3 Å². The van der Waals surface area contributed by atoms with Gasteiger partial charge in [0.05, 0.1) is 30.3 Å². The number of rotatable bonds is 3. The Morgan fingerprint density at radius 2 is 1.83 bits per heavy atom. The van der Waals surface area contributed by atoms with E-state index in [-0.39, 0.29) is 33.3 Å². The minimum absolute atomic E-state index is 0.0851. The summed E-state index contributed by atoms with van der Waals surface area (Å²) in [6.45, 7) is 6.70. The first kappa shape index (κ1) is 23.2. The molecule has 2 saturated carbocycles. The lowest BCUT2D eigenvalue weighted by Gasteiger charge is -2.57. The van der Waals surface area contributed by atoms with Crippen molar-refractivity contribution >= 4 is 10.8 Å². The lowest BCUT2D eigenvalue weighted by atomic mass is 9.58. The van der Waals surface area contributed by atoms with Crippen LogP contribution in [0.5, 0.6) is 0 Å². The number of ether oxygens (including phenoxy) is 1. The lowest BCUT2D eigenvalue weighted by Crippen LogP contribution is -2.59. The predicted octanol–water partition coefficient (Wildman–Crippen LogP) is 7.80. The van der Waals surface area contributed by atoms with Crippen LogP contribution in [-0.2, 0) is 4.74 Å². The fraction of sp³-hybridized carbons (Fsp3) is 0.576. The molecule has 0 radical (unpaired) electrons. The van der Waals surface area contributed by atoms with Gasteiger partial charge in [0, 0.05) is 12.8 Å². The molecule has 3 heteroatoms. The van der Waals surface area contributed by atoms with Gasteiger partial charge in [0.2, 0.25) is 0 Å². The van der Waals surface area contributed by atoms with Crippen LogP contribution in [0, 0.1) is 16.5 Å².